The minimum Gasteiger partial charge on any atom is -0.352 e. The maximum Gasteiger partial charge on any atom is 0.238 e. The Hall–Kier alpha value is -2.26. The zero-order valence-electron chi connectivity index (χ0n) is 11.1. The molecule has 1 heterocycles. The smallest absolute Gasteiger partial charge is 0.238 e. The molecule has 2 aromatic rings. The second-order valence-electron chi connectivity index (χ2n) is 4.37. The van der Waals surface area contributed by atoms with Crippen LogP contribution >= 0.6 is 0 Å². The van der Waals surface area contributed by atoms with Crippen molar-refractivity contribution in [3.8, 4) is 0 Å². The van der Waals surface area contributed by atoms with Gasteiger partial charge in [0.15, 0.2) is 0 Å². The lowest BCUT2D eigenvalue weighted by atomic mass is 10.2. The summed E-state index contributed by atoms with van der Waals surface area (Å²) in [5.74, 6) is -0.124. The van der Waals surface area contributed by atoms with Gasteiger partial charge in [-0.25, -0.2) is 18.5 Å². The highest BCUT2D eigenvalue weighted by molar-refractivity contribution is 7.89. The standard InChI is InChI=1S/C12H15N5O3S/c13-21(19,20)11-3-1-10(2-4-11)7-15-12(18)5-6-17-9-14-8-16-17/h1-4,8-9H,5-7H2,(H,15,18)(H2,13,19,20). The molecule has 9 heteroatoms. The molecule has 0 aliphatic carbocycles. The van der Waals surface area contributed by atoms with E-state index in [0.29, 0.717) is 19.5 Å². The fraction of sp³-hybridized carbons (Fsp3) is 0.250. The van der Waals surface area contributed by atoms with Crippen LogP contribution in [0, 0.1) is 0 Å². The third-order valence-electron chi connectivity index (χ3n) is 2.78. The number of nitrogens with two attached hydrogens (primary N) is 1. The normalized spacial score (nSPS) is 11.3. The summed E-state index contributed by atoms with van der Waals surface area (Å²) in [4.78, 5) is 15.5. The van der Waals surface area contributed by atoms with Crippen LogP contribution in [-0.4, -0.2) is 29.1 Å². The van der Waals surface area contributed by atoms with Crippen LogP contribution < -0.4 is 10.5 Å². The maximum atomic E-state index is 11.6. The van der Waals surface area contributed by atoms with Crippen LogP contribution in [0.15, 0.2) is 41.8 Å². The van der Waals surface area contributed by atoms with Gasteiger partial charge in [-0.1, -0.05) is 12.1 Å². The number of rotatable bonds is 6. The van der Waals surface area contributed by atoms with E-state index in [1.165, 1.54) is 18.5 Å². The van der Waals surface area contributed by atoms with Crippen LogP contribution in [0.5, 0.6) is 0 Å². The lowest BCUT2D eigenvalue weighted by molar-refractivity contribution is -0.121. The van der Waals surface area contributed by atoms with Gasteiger partial charge in [-0.15, -0.1) is 0 Å². The fourth-order valence-electron chi connectivity index (χ4n) is 1.65. The first-order chi connectivity index (χ1) is 9.95. The molecule has 8 nitrogen and oxygen atoms in total. The number of hydrogen-bond acceptors (Lipinski definition) is 5. The van der Waals surface area contributed by atoms with Gasteiger partial charge in [0, 0.05) is 13.0 Å². The van der Waals surface area contributed by atoms with E-state index in [4.69, 9.17) is 5.14 Å². The van der Waals surface area contributed by atoms with Crippen molar-refractivity contribution in [2.24, 2.45) is 5.14 Å². The monoisotopic (exact) mass is 309 g/mol. The van der Waals surface area contributed by atoms with Gasteiger partial charge >= 0.3 is 0 Å². The minimum absolute atomic E-state index is 0.0451. The summed E-state index contributed by atoms with van der Waals surface area (Å²) in [6.07, 6.45) is 3.24. The molecule has 1 aromatic heterocycles. The first kappa shape index (κ1) is 15.1. The van der Waals surface area contributed by atoms with Crippen LogP contribution in [0.3, 0.4) is 0 Å². The molecule has 0 unspecified atom stereocenters. The second-order valence-corrected chi connectivity index (χ2v) is 5.94. The van der Waals surface area contributed by atoms with Crippen molar-refractivity contribution in [3.05, 3.63) is 42.5 Å². The number of aromatic nitrogens is 3. The van der Waals surface area contributed by atoms with Crippen molar-refractivity contribution in [2.45, 2.75) is 24.4 Å². The zero-order chi connectivity index (χ0) is 15.3. The average Bonchev–Trinajstić information content (AvgIpc) is 2.95. The molecule has 1 amide bonds. The third kappa shape index (κ3) is 4.65. The highest BCUT2D eigenvalue weighted by Crippen LogP contribution is 2.08. The van der Waals surface area contributed by atoms with E-state index in [-0.39, 0.29) is 10.8 Å². The predicted molar refractivity (Wildman–Crippen MR) is 74.3 cm³/mol. The van der Waals surface area contributed by atoms with E-state index in [9.17, 15) is 13.2 Å². The number of amides is 1. The number of aryl methyl sites for hydroxylation is 1. The first-order valence-electron chi connectivity index (χ1n) is 6.16. The highest BCUT2D eigenvalue weighted by Gasteiger charge is 2.07. The summed E-state index contributed by atoms with van der Waals surface area (Å²) in [5.41, 5.74) is 0.788. The summed E-state index contributed by atoms with van der Waals surface area (Å²) in [7, 11) is -3.69. The van der Waals surface area contributed by atoms with Crippen molar-refractivity contribution >= 4 is 15.9 Å². The summed E-state index contributed by atoms with van der Waals surface area (Å²) in [6.45, 7) is 0.775. The Balaban J connectivity index is 1.81. The lowest BCUT2D eigenvalue weighted by Crippen LogP contribution is -2.24. The number of primary sulfonamides is 1. The first-order valence-corrected chi connectivity index (χ1v) is 7.70. The van der Waals surface area contributed by atoms with E-state index in [0.717, 1.165) is 5.56 Å². The number of nitrogens with zero attached hydrogens (tertiary/aromatic N) is 3. The number of nitrogens with one attached hydrogen (secondary N) is 1. The molecule has 21 heavy (non-hydrogen) atoms. The number of carbonyl (C=O) groups excluding carboxylic acids is 1. The fourth-order valence-corrected chi connectivity index (χ4v) is 2.17. The third-order valence-corrected chi connectivity index (χ3v) is 3.71. The maximum absolute atomic E-state index is 11.6. The Morgan fingerprint density at radius 2 is 2.00 bits per heavy atom. The molecular formula is C12H15N5O3S. The Bertz CT molecular complexity index is 695. The van der Waals surface area contributed by atoms with Crippen molar-refractivity contribution in [2.75, 3.05) is 0 Å². The number of carbonyl (C=O) groups is 1. The van der Waals surface area contributed by atoms with E-state index in [2.05, 4.69) is 15.4 Å². The predicted octanol–water partition coefficient (Wildman–Crippen LogP) is -0.368. The number of benzene rings is 1. The molecule has 0 atom stereocenters. The SMILES string of the molecule is NS(=O)(=O)c1ccc(CNC(=O)CCn2cncn2)cc1. The molecule has 2 rings (SSSR count). The van der Waals surface area contributed by atoms with Crippen molar-refractivity contribution < 1.29 is 13.2 Å². The molecule has 112 valence electrons. The van der Waals surface area contributed by atoms with Crippen LogP contribution in [0.2, 0.25) is 0 Å². The van der Waals surface area contributed by atoms with Crippen molar-refractivity contribution in [1.82, 2.24) is 20.1 Å². The Labute approximate surface area is 122 Å². The molecule has 0 aliphatic heterocycles. The van der Waals surface area contributed by atoms with Crippen LogP contribution in [-0.2, 0) is 27.9 Å². The van der Waals surface area contributed by atoms with E-state index < -0.39 is 10.0 Å². The Morgan fingerprint density at radius 1 is 1.29 bits per heavy atom. The highest BCUT2D eigenvalue weighted by atomic mass is 32.2. The van der Waals surface area contributed by atoms with Gasteiger partial charge in [-0.05, 0) is 17.7 Å². The van der Waals surface area contributed by atoms with Gasteiger partial charge < -0.3 is 5.32 Å². The van der Waals surface area contributed by atoms with Crippen LogP contribution in [0.1, 0.15) is 12.0 Å². The molecule has 0 radical (unpaired) electrons. The summed E-state index contributed by atoms with van der Waals surface area (Å²) >= 11 is 0. The molecular weight excluding hydrogens is 294 g/mol. The van der Waals surface area contributed by atoms with Gasteiger partial charge in [0.1, 0.15) is 12.7 Å². The summed E-state index contributed by atoms with van der Waals surface area (Å²) in [5, 5.41) is 11.6. The lowest BCUT2D eigenvalue weighted by Gasteiger charge is -2.06. The van der Waals surface area contributed by atoms with E-state index in [1.807, 2.05) is 0 Å². The molecule has 1 aromatic carbocycles. The van der Waals surface area contributed by atoms with Gasteiger partial charge in [0.05, 0.1) is 11.4 Å². The molecule has 0 spiro atoms. The average molecular weight is 309 g/mol. The quantitative estimate of drug-likeness (QED) is 0.754. The molecule has 3 N–H and O–H groups in total. The molecule has 0 saturated heterocycles. The number of sulfonamides is 1. The zero-order valence-corrected chi connectivity index (χ0v) is 12.0. The molecule has 0 fully saturated rings. The summed E-state index contributed by atoms with van der Waals surface area (Å²) < 4.78 is 23.8. The van der Waals surface area contributed by atoms with Gasteiger partial charge in [-0.2, -0.15) is 5.10 Å². The topological polar surface area (TPSA) is 120 Å². The second kappa shape index (κ2) is 6.46. The molecule has 0 aliphatic rings. The Kier molecular flexibility index (Phi) is 4.66. The summed E-state index contributed by atoms with van der Waals surface area (Å²) in [6, 6.07) is 6.04. The van der Waals surface area contributed by atoms with Gasteiger partial charge in [0.2, 0.25) is 15.9 Å². The number of hydrogen-bond donors (Lipinski definition) is 2. The Morgan fingerprint density at radius 3 is 2.57 bits per heavy atom. The van der Waals surface area contributed by atoms with Crippen LogP contribution in [0.4, 0.5) is 0 Å². The largest absolute Gasteiger partial charge is 0.352 e. The van der Waals surface area contributed by atoms with Gasteiger partial charge in [0.25, 0.3) is 0 Å². The van der Waals surface area contributed by atoms with Crippen molar-refractivity contribution in [3.63, 3.8) is 0 Å². The van der Waals surface area contributed by atoms with E-state index >= 15 is 0 Å². The molecule has 0 bridgehead atoms. The van der Waals surface area contributed by atoms with Crippen molar-refractivity contribution in [1.29, 1.82) is 0 Å². The van der Waals surface area contributed by atoms with E-state index in [1.54, 1.807) is 23.1 Å². The van der Waals surface area contributed by atoms with Crippen LogP contribution in [0.25, 0.3) is 0 Å². The molecule has 0 saturated carbocycles. The van der Waals surface area contributed by atoms with Gasteiger partial charge in [-0.3, -0.25) is 9.48 Å². The minimum atomic E-state index is -3.69.